The Bertz CT molecular complexity index is 691. The number of aryl methyl sites for hydroxylation is 1. The first-order valence-corrected chi connectivity index (χ1v) is 9.64. The van der Waals surface area contributed by atoms with E-state index in [9.17, 15) is 4.79 Å². The van der Waals surface area contributed by atoms with E-state index in [0.717, 1.165) is 43.6 Å². The predicted octanol–water partition coefficient (Wildman–Crippen LogP) is 3.72. The average molecular weight is 351 g/mol. The summed E-state index contributed by atoms with van der Waals surface area (Å²) in [4.78, 5) is 19.3. The predicted molar refractivity (Wildman–Crippen MR) is 105 cm³/mol. The number of likely N-dealkylation sites (tertiary alicyclic amines) is 1. The maximum absolute atomic E-state index is 12.7. The molecule has 0 radical (unpaired) electrons. The molecule has 1 fully saturated rings. The molecule has 1 amide bonds. The zero-order chi connectivity index (χ0) is 18.4. The van der Waals surface area contributed by atoms with Gasteiger partial charge in [-0.3, -0.25) is 9.78 Å². The zero-order valence-corrected chi connectivity index (χ0v) is 15.8. The number of hydrogen-bond donors (Lipinski definition) is 1. The second-order valence-corrected chi connectivity index (χ2v) is 7.27. The smallest absolute Gasteiger partial charge is 0.221 e. The Kier molecular flexibility index (Phi) is 6.40. The number of nitrogens with one attached hydrogen (secondary N) is 1. The molecule has 4 nitrogen and oxygen atoms in total. The summed E-state index contributed by atoms with van der Waals surface area (Å²) in [5.41, 5.74) is 3.39. The van der Waals surface area contributed by atoms with Crippen LogP contribution in [0.2, 0.25) is 0 Å². The minimum Gasteiger partial charge on any atom is -0.345 e. The molecule has 1 saturated heterocycles. The lowest BCUT2D eigenvalue weighted by molar-refractivity contribution is -0.122. The van der Waals surface area contributed by atoms with Crippen molar-refractivity contribution in [3.63, 3.8) is 0 Å². The summed E-state index contributed by atoms with van der Waals surface area (Å²) in [5.74, 6) is 0.635. The molecule has 4 heteroatoms. The largest absolute Gasteiger partial charge is 0.345 e. The van der Waals surface area contributed by atoms with Crippen LogP contribution in [0.4, 0.5) is 0 Å². The Balaban J connectivity index is 1.68. The minimum absolute atomic E-state index is 0.123. The summed E-state index contributed by atoms with van der Waals surface area (Å²) in [6.07, 6.45) is 6.41. The summed E-state index contributed by atoms with van der Waals surface area (Å²) >= 11 is 0. The molecular weight excluding hydrogens is 322 g/mol. The van der Waals surface area contributed by atoms with E-state index >= 15 is 0 Å². The molecule has 1 aromatic heterocycles. The maximum atomic E-state index is 12.7. The van der Waals surface area contributed by atoms with Gasteiger partial charge in [0.05, 0.1) is 6.04 Å². The highest BCUT2D eigenvalue weighted by Gasteiger charge is 2.23. The highest BCUT2D eigenvalue weighted by molar-refractivity contribution is 5.77. The highest BCUT2D eigenvalue weighted by atomic mass is 16.1. The number of aromatic nitrogens is 1. The fourth-order valence-corrected chi connectivity index (χ4v) is 3.66. The normalized spacial score (nSPS) is 17.0. The van der Waals surface area contributed by atoms with Crippen LogP contribution in [0, 0.1) is 12.8 Å². The maximum Gasteiger partial charge on any atom is 0.221 e. The van der Waals surface area contributed by atoms with Gasteiger partial charge in [-0.15, -0.1) is 0 Å². The first-order valence-electron chi connectivity index (χ1n) is 9.64. The third kappa shape index (κ3) is 4.92. The van der Waals surface area contributed by atoms with E-state index in [0.29, 0.717) is 12.3 Å². The van der Waals surface area contributed by atoms with Crippen LogP contribution in [0.25, 0.3) is 0 Å². The first kappa shape index (κ1) is 18.6. The van der Waals surface area contributed by atoms with Gasteiger partial charge in [0.2, 0.25) is 5.91 Å². The molecule has 2 heterocycles. The van der Waals surface area contributed by atoms with Crippen LogP contribution in [0.3, 0.4) is 0 Å². The second-order valence-electron chi connectivity index (χ2n) is 7.27. The van der Waals surface area contributed by atoms with Crippen LogP contribution in [0.5, 0.6) is 0 Å². The van der Waals surface area contributed by atoms with E-state index in [1.165, 1.54) is 5.56 Å². The number of piperidine rings is 1. The van der Waals surface area contributed by atoms with Crippen molar-refractivity contribution in [1.29, 1.82) is 0 Å². The van der Waals surface area contributed by atoms with Crippen molar-refractivity contribution >= 4 is 5.91 Å². The highest BCUT2D eigenvalue weighted by Crippen LogP contribution is 2.24. The van der Waals surface area contributed by atoms with Crippen LogP contribution < -0.4 is 5.32 Å². The SMILES string of the molecule is CCN1CCC(CC(=O)N[C@@H](c2ccncc2)c2ccc(C)cc2)CC1. The van der Waals surface area contributed by atoms with Crippen LogP contribution in [-0.4, -0.2) is 35.4 Å². The molecule has 1 N–H and O–H groups in total. The van der Waals surface area contributed by atoms with E-state index in [1.54, 1.807) is 12.4 Å². The van der Waals surface area contributed by atoms with E-state index in [-0.39, 0.29) is 11.9 Å². The van der Waals surface area contributed by atoms with Gasteiger partial charge in [0.1, 0.15) is 0 Å². The quantitative estimate of drug-likeness (QED) is 0.863. The Labute approximate surface area is 156 Å². The molecule has 0 saturated carbocycles. The van der Waals surface area contributed by atoms with Gasteiger partial charge < -0.3 is 10.2 Å². The first-order chi connectivity index (χ1) is 12.7. The van der Waals surface area contributed by atoms with Gasteiger partial charge in [-0.05, 0) is 68.6 Å². The third-order valence-electron chi connectivity index (χ3n) is 5.38. The standard InChI is InChI=1S/C22H29N3O/c1-3-25-14-10-18(11-15-25)16-21(26)24-22(20-8-12-23-13-9-20)19-6-4-17(2)5-7-19/h4-9,12-13,18,22H,3,10-11,14-16H2,1-2H3,(H,24,26)/t22-/m1/s1. The van der Waals surface area contributed by atoms with Crippen molar-refractivity contribution in [2.45, 2.75) is 39.2 Å². The topological polar surface area (TPSA) is 45.2 Å². The second kappa shape index (κ2) is 8.95. The van der Waals surface area contributed by atoms with Crippen LogP contribution in [-0.2, 0) is 4.79 Å². The van der Waals surface area contributed by atoms with Gasteiger partial charge in [0.15, 0.2) is 0 Å². The lowest BCUT2D eigenvalue weighted by atomic mass is 9.92. The molecule has 1 aromatic carbocycles. The monoisotopic (exact) mass is 351 g/mol. The van der Waals surface area contributed by atoms with E-state index in [1.807, 2.05) is 12.1 Å². The number of nitrogens with zero attached hydrogens (tertiary/aromatic N) is 2. The lowest BCUT2D eigenvalue weighted by Crippen LogP contribution is -2.36. The molecule has 1 atom stereocenters. The van der Waals surface area contributed by atoms with Crippen molar-refractivity contribution in [3.05, 3.63) is 65.5 Å². The van der Waals surface area contributed by atoms with E-state index < -0.39 is 0 Å². The summed E-state index contributed by atoms with van der Waals surface area (Å²) < 4.78 is 0. The Morgan fingerprint density at radius 3 is 2.35 bits per heavy atom. The third-order valence-corrected chi connectivity index (χ3v) is 5.38. The number of pyridine rings is 1. The van der Waals surface area contributed by atoms with Crippen LogP contribution in [0.1, 0.15) is 48.9 Å². The molecule has 26 heavy (non-hydrogen) atoms. The molecule has 0 aliphatic carbocycles. The summed E-state index contributed by atoms with van der Waals surface area (Å²) in [6, 6.07) is 12.2. The fourth-order valence-electron chi connectivity index (χ4n) is 3.66. The number of benzene rings is 1. The molecule has 2 aromatic rings. The van der Waals surface area contributed by atoms with E-state index in [2.05, 4.69) is 53.3 Å². The van der Waals surface area contributed by atoms with Gasteiger partial charge in [-0.2, -0.15) is 0 Å². The minimum atomic E-state index is -0.123. The molecule has 3 rings (SSSR count). The number of hydrogen-bond acceptors (Lipinski definition) is 3. The Morgan fingerprint density at radius 1 is 1.12 bits per heavy atom. The molecule has 0 spiro atoms. The molecule has 0 unspecified atom stereocenters. The molecule has 0 bridgehead atoms. The summed E-state index contributed by atoms with van der Waals surface area (Å²) in [5, 5.41) is 3.26. The number of rotatable bonds is 6. The van der Waals surface area contributed by atoms with Gasteiger partial charge in [-0.25, -0.2) is 0 Å². The Hall–Kier alpha value is -2.20. The average Bonchev–Trinajstić information content (AvgIpc) is 2.68. The molecule has 1 aliphatic heterocycles. The number of carbonyl (C=O) groups is 1. The number of carbonyl (C=O) groups excluding carboxylic acids is 1. The summed E-state index contributed by atoms with van der Waals surface area (Å²) in [7, 11) is 0. The van der Waals surface area contributed by atoms with Gasteiger partial charge in [0, 0.05) is 18.8 Å². The lowest BCUT2D eigenvalue weighted by Gasteiger charge is -2.31. The van der Waals surface area contributed by atoms with Gasteiger partial charge in [0.25, 0.3) is 0 Å². The van der Waals surface area contributed by atoms with Crippen molar-refractivity contribution in [1.82, 2.24) is 15.2 Å². The van der Waals surface area contributed by atoms with E-state index in [4.69, 9.17) is 0 Å². The van der Waals surface area contributed by atoms with Gasteiger partial charge in [-0.1, -0.05) is 36.8 Å². The fraction of sp³-hybridized carbons (Fsp3) is 0.455. The van der Waals surface area contributed by atoms with Crippen molar-refractivity contribution in [2.75, 3.05) is 19.6 Å². The zero-order valence-electron chi connectivity index (χ0n) is 15.8. The van der Waals surface area contributed by atoms with Crippen LogP contribution >= 0.6 is 0 Å². The van der Waals surface area contributed by atoms with Crippen LogP contribution in [0.15, 0.2) is 48.8 Å². The molecule has 138 valence electrons. The molecule has 1 aliphatic rings. The van der Waals surface area contributed by atoms with Crippen molar-refractivity contribution in [3.8, 4) is 0 Å². The summed E-state index contributed by atoms with van der Waals surface area (Å²) in [6.45, 7) is 7.61. The molecular formula is C22H29N3O. The Morgan fingerprint density at radius 2 is 1.73 bits per heavy atom. The van der Waals surface area contributed by atoms with Crippen molar-refractivity contribution < 1.29 is 4.79 Å². The van der Waals surface area contributed by atoms with Gasteiger partial charge >= 0.3 is 0 Å². The van der Waals surface area contributed by atoms with Crippen molar-refractivity contribution in [2.24, 2.45) is 5.92 Å². The number of amides is 1.